The van der Waals surface area contributed by atoms with Crippen LogP contribution in [0.25, 0.3) is 0 Å². The molecule has 0 radical (unpaired) electrons. The summed E-state index contributed by atoms with van der Waals surface area (Å²) in [4.78, 5) is 10.3. The third kappa shape index (κ3) is 5.72. The standard InChI is InChI=1S/C32H32N2O2/c1-21-15-17-27(29(35)19-21)23(3)33-31(25-11-7-5-8-12-25)32(26-13-9-6-10-14-26)34-24(4)28-18-16-22(2)20-30(28)36/h5-20,31-32,35-36H,1-4H3. The van der Waals surface area contributed by atoms with Crippen molar-refractivity contribution >= 4 is 11.4 Å². The Balaban J connectivity index is 1.89. The highest BCUT2D eigenvalue weighted by atomic mass is 16.3. The van der Waals surface area contributed by atoms with Crippen LogP contribution < -0.4 is 0 Å². The maximum absolute atomic E-state index is 10.6. The fraction of sp³-hybridized carbons (Fsp3) is 0.188. The van der Waals surface area contributed by atoms with Gasteiger partial charge in [0.2, 0.25) is 0 Å². The highest BCUT2D eigenvalue weighted by Gasteiger charge is 2.25. The SMILES string of the molecule is CC(=NC(c1ccccc1)C(N=C(C)c1ccc(C)cc1O)c1ccccc1)c1ccc(C)cc1O. The number of nitrogens with zero attached hydrogens (tertiary/aromatic N) is 2. The molecule has 4 aromatic rings. The molecule has 2 unspecified atom stereocenters. The van der Waals surface area contributed by atoms with Crippen LogP contribution in [0, 0.1) is 13.8 Å². The third-order valence-corrected chi connectivity index (χ3v) is 6.33. The molecule has 182 valence electrons. The van der Waals surface area contributed by atoms with Crippen LogP contribution in [0.3, 0.4) is 0 Å². The minimum atomic E-state index is -0.350. The molecule has 4 nitrogen and oxygen atoms in total. The summed E-state index contributed by atoms with van der Waals surface area (Å²) in [6, 6.07) is 30.8. The summed E-state index contributed by atoms with van der Waals surface area (Å²) >= 11 is 0. The summed E-state index contributed by atoms with van der Waals surface area (Å²) in [6.45, 7) is 7.74. The Bertz CT molecular complexity index is 1280. The van der Waals surface area contributed by atoms with Crippen molar-refractivity contribution in [2.75, 3.05) is 0 Å². The summed E-state index contributed by atoms with van der Waals surface area (Å²) in [5.41, 5.74) is 6.87. The Labute approximate surface area is 213 Å². The average Bonchev–Trinajstić information content (AvgIpc) is 2.87. The number of aromatic hydroxyl groups is 2. The molecule has 0 aliphatic rings. The van der Waals surface area contributed by atoms with E-state index < -0.39 is 0 Å². The van der Waals surface area contributed by atoms with Crippen LogP contribution in [0.4, 0.5) is 0 Å². The van der Waals surface area contributed by atoms with E-state index in [1.165, 1.54) is 0 Å². The summed E-state index contributed by atoms with van der Waals surface area (Å²) in [7, 11) is 0. The maximum Gasteiger partial charge on any atom is 0.124 e. The third-order valence-electron chi connectivity index (χ3n) is 6.33. The van der Waals surface area contributed by atoms with Gasteiger partial charge in [-0.1, -0.05) is 72.8 Å². The van der Waals surface area contributed by atoms with Gasteiger partial charge < -0.3 is 10.2 Å². The highest BCUT2D eigenvalue weighted by Crippen LogP contribution is 2.37. The topological polar surface area (TPSA) is 65.2 Å². The minimum absolute atomic E-state index is 0.212. The number of aryl methyl sites for hydroxylation is 2. The summed E-state index contributed by atoms with van der Waals surface area (Å²) in [5.74, 6) is 0.423. The molecule has 4 heteroatoms. The molecule has 4 rings (SSSR count). The van der Waals surface area contributed by atoms with Crippen molar-refractivity contribution in [1.82, 2.24) is 0 Å². The zero-order chi connectivity index (χ0) is 25.7. The van der Waals surface area contributed by atoms with Crippen molar-refractivity contribution in [2.45, 2.75) is 39.8 Å². The molecule has 0 spiro atoms. The molecule has 2 atom stereocenters. The van der Waals surface area contributed by atoms with Gasteiger partial charge in [0.1, 0.15) is 23.6 Å². The van der Waals surface area contributed by atoms with E-state index in [0.717, 1.165) is 33.7 Å². The number of phenolic OH excluding ortho intramolecular Hbond substituents is 2. The molecule has 0 heterocycles. The Morgan fingerprint density at radius 2 is 0.917 bits per heavy atom. The smallest absolute Gasteiger partial charge is 0.124 e. The second kappa shape index (κ2) is 11.0. The Hall–Kier alpha value is -4.18. The van der Waals surface area contributed by atoms with E-state index in [2.05, 4.69) is 24.3 Å². The largest absolute Gasteiger partial charge is 0.507 e. The number of hydrogen-bond donors (Lipinski definition) is 2. The van der Waals surface area contributed by atoms with Crippen molar-refractivity contribution in [3.8, 4) is 11.5 Å². The summed E-state index contributed by atoms with van der Waals surface area (Å²) < 4.78 is 0. The van der Waals surface area contributed by atoms with Crippen LogP contribution in [0.2, 0.25) is 0 Å². The molecule has 0 aliphatic heterocycles. The fourth-order valence-electron chi connectivity index (χ4n) is 4.41. The summed E-state index contributed by atoms with van der Waals surface area (Å²) in [5, 5.41) is 21.2. The van der Waals surface area contributed by atoms with Crippen LogP contribution in [0.15, 0.2) is 107 Å². The molecule has 4 aromatic carbocycles. The number of phenols is 2. The van der Waals surface area contributed by atoms with Crippen molar-refractivity contribution < 1.29 is 10.2 Å². The Morgan fingerprint density at radius 1 is 0.556 bits per heavy atom. The van der Waals surface area contributed by atoms with E-state index >= 15 is 0 Å². The van der Waals surface area contributed by atoms with Crippen LogP contribution in [-0.2, 0) is 0 Å². The fourth-order valence-corrected chi connectivity index (χ4v) is 4.41. The molecule has 0 bridgehead atoms. The van der Waals surface area contributed by atoms with Crippen molar-refractivity contribution in [3.63, 3.8) is 0 Å². The average molecular weight is 477 g/mol. The maximum atomic E-state index is 10.6. The van der Waals surface area contributed by atoms with E-state index in [1.54, 1.807) is 12.1 Å². The lowest BCUT2D eigenvalue weighted by Crippen LogP contribution is -2.13. The monoisotopic (exact) mass is 476 g/mol. The van der Waals surface area contributed by atoms with E-state index in [0.29, 0.717) is 11.1 Å². The van der Waals surface area contributed by atoms with E-state index in [9.17, 15) is 10.2 Å². The van der Waals surface area contributed by atoms with Gasteiger partial charge in [-0.15, -0.1) is 0 Å². The molecule has 0 aliphatic carbocycles. The molecule has 36 heavy (non-hydrogen) atoms. The zero-order valence-electron chi connectivity index (χ0n) is 21.2. The van der Waals surface area contributed by atoms with Gasteiger partial charge in [0.15, 0.2) is 0 Å². The molecule has 2 N–H and O–H groups in total. The van der Waals surface area contributed by atoms with E-state index in [4.69, 9.17) is 9.98 Å². The van der Waals surface area contributed by atoms with Crippen molar-refractivity contribution in [3.05, 3.63) is 130 Å². The lowest BCUT2D eigenvalue weighted by atomic mass is 9.93. The van der Waals surface area contributed by atoms with Crippen LogP contribution >= 0.6 is 0 Å². The Morgan fingerprint density at radius 3 is 1.25 bits per heavy atom. The first-order valence-electron chi connectivity index (χ1n) is 12.1. The first-order chi connectivity index (χ1) is 17.3. The summed E-state index contributed by atoms with van der Waals surface area (Å²) in [6.07, 6.45) is 0. The van der Waals surface area contributed by atoms with Gasteiger partial charge in [0.25, 0.3) is 0 Å². The second-order valence-electron chi connectivity index (χ2n) is 9.18. The highest BCUT2D eigenvalue weighted by molar-refractivity contribution is 6.02. The normalized spacial score (nSPS) is 13.9. The van der Waals surface area contributed by atoms with Gasteiger partial charge in [-0.25, -0.2) is 0 Å². The molecular formula is C32H32N2O2. The van der Waals surface area contributed by atoms with Crippen molar-refractivity contribution in [1.29, 1.82) is 0 Å². The van der Waals surface area contributed by atoms with E-state index in [-0.39, 0.29) is 23.6 Å². The number of aliphatic imine (C=N–C) groups is 2. The van der Waals surface area contributed by atoms with Crippen molar-refractivity contribution in [2.24, 2.45) is 9.98 Å². The molecule has 0 aromatic heterocycles. The molecule has 0 fully saturated rings. The minimum Gasteiger partial charge on any atom is -0.507 e. The zero-order valence-corrected chi connectivity index (χ0v) is 21.2. The van der Waals surface area contributed by atoms with Gasteiger partial charge in [-0.3, -0.25) is 9.98 Å². The van der Waals surface area contributed by atoms with Gasteiger partial charge in [0, 0.05) is 22.6 Å². The lowest BCUT2D eigenvalue weighted by molar-refractivity contribution is 0.472. The van der Waals surface area contributed by atoms with Crippen LogP contribution in [0.1, 0.15) is 59.3 Å². The van der Waals surface area contributed by atoms with E-state index in [1.807, 2.05) is 88.4 Å². The second-order valence-corrected chi connectivity index (χ2v) is 9.18. The number of benzene rings is 4. The Kier molecular flexibility index (Phi) is 7.65. The predicted molar refractivity (Wildman–Crippen MR) is 148 cm³/mol. The molecule has 0 amide bonds. The number of rotatable bonds is 7. The molecule has 0 saturated heterocycles. The van der Waals surface area contributed by atoms with Gasteiger partial charge in [-0.05, 0) is 74.2 Å². The first-order valence-corrected chi connectivity index (χ1v) is 12.1. The molecular weight excluding hydrogens is 444 g/mol. The molecule has 0 saturated carbocycles. The van der Waals surface area contributed by atoms with Gasteiger partial charge in [0.05, 0.1) is 0 Å². The van der Waals surface area contributed by atoms with Crippen LogP contribution in [-0.4, -0.2) is 21.6 Å². The van der Waals surface area contributed by atoms with Gasteiger partial charge >= 0.3 is 0 Å². The van der Waals surface area contributed by atoms with Crippen LogP contribution in [0.5, 0.6) is 11.5 Å². The quantitative estimate of drug-likeness (QED) is 0.271. The first kappa shape index (κ1) is 24.9. The lowest BCUT2D eigenvalue weighted by Gasteiger charge is -2.24. The number of hydrogen-bond acceptors (Lipinski definition) is 4. The predicted octanol–water partition coefficient (Wildman–Crippen LogP) is 7.52. The van der Waals surface area contributed by atoms with Gasteiger partial charge in [-0.2, -0.15) is 0 Å².